The summed E-state index contributed by atoms with van der Waals surface area (Å²) in [5.41, 5.74) is 3.65. The molecule has 4 aromatic rings. The summed E-state index contributed by atoms with van der Waals surface area (Å²) in [5.74, 6) is 2.48. The molecule has 8 nitrogen and oxygen atoms in total. The number of carbonyl (C=O) groups is 1. The van der Waals surface area contributed by atoms with Crippen molar-refractivity contribution in [3.8, 4) is 22.4 Å². The number of hydrogen-bond donors (Lipinski definition) is 1. The summed E-state index contributed by atoms with van der Waals surface area (Å²) < 4.78 is 18.9. The molecule has 0 bridgehead atoms. The standard InChI is InChI=1S/C23H22N4O4S/c1-12-21-15(13-5-8-17(30-3)18(9-13)31-4)11-20(28)25-22(21)27(26-12)23-24-16-7-6-14(29-2)10-19(16)32-23/h5-10,15H,11H2,1-4H3,(H,25,28)/t15-/m0/s1. The van der Waals surface area contributed by atoms with Crippen molar-refractivity contribution >= 4 is 33.3 Å². The van der Waals surface area contributed by atoms with E-state index in [-0.39, 0.29) is 11.8 Å². The summed E-state index contributed by atoms with van der Waals surface area (Å²) in [7, 11) is 4.84. The first-order chi connectivity index (χ1) is 15.5. The van der Waals surface area contributed by atoms with Gasteiger partial charge in [0.15, 0.2) is 11.5 Å². The summed E-state index contributed by atoms with van der Waals surface area (Å²) in [6, 6.07) is 11.5. The van der Waals surface area contributed by atoms with E-state index < -0.39 is 0 Å². The van der Waals surface area contributed by atoms with Crippen LogP contribution in [0.3, 0.4) is 0 Å². The summed E-state index contributed by atoms with van der Waals surface area (Å²) in [6.45, 7) is 1.96. The fourth-order valence-corrected chi connectivity index (χ4v) is 5.10. The van der Waals surface area contributed by atoms with E-state index in [0.29, 0.717) is 28.9 Å². The molecule has 0 spiro atoms. The van der Waals surface area contributed by atoms with E-state index in [1.807, 2.05) is 43.3 Å². The number of ether oxygens (including phenoxy) is 3. The lowest BCUT2D eigenvalue weighted by Gasteiger charge is -2.24. The van der Waals surface area contributed by atoms with Gasteiger partial charge in [-0.1, -0.05) is 17.4 Å². The zero-order chi connectivity index (χ0) is 22.4. The summed E-state index contributed by atoms with van der Waals surface area (Å²) in [4.78, 5) is 17.4. The second-order valence-electron chi connectivity index (χ2n) is 7.51. The predicted octanol–water partition coefficient (Wildman–Crippen LogP) is 4.29. The number of benzene rings is 2. The highest BCUT2D eigenvalue weighted by Gasteiger charge is 2.33. The molecule has 1 aliphatic rings. The van der Waals surface area contributed by atoms with E-state index in [2.05, 4.69) is 5.32 Å². The van der Waals surface area contributed by atoms with Crippen molar-refractivity contribution in [2.75, 3.05) is 26.6 Å². The summed E-state index contributed by atoms with van der Waals surface area (Å²) in [5, 5.41) is 8.45. The maximum absolute atomic E-state index is 12.7. The number of methoxy groups -OCH3 is 3. The molecule has 32 heavy (non-hydrogen) atoms. The molecule has 1 amide bonds. The Bertz CT molecular complexity index is 1340. The molecule has 0 unspecified atom stereocenters. The highest BCUT2D eigenvalue weighted by atomic mass is 32.1. The number of aryl methyl sites for hydroxylation is 1. The smallest absolute Gasteiger partial charge is 0.226 e. The van der Waals surface area contributed by atoms with Crippen molar-refractivity contribution in [3.63, 3.8) is 0 Å². The van der Waals surface area contributed by atoms with E-state index in [1.165, 1.54) is 11.3 Å². The molecule has 0 radical (unpaired) electrons. The average molecular weight is 451 g/mol. The highest BCUT2D eigenvalue weighted by Crippen LogP contribution is 2.43. The number of anilines is 1. The molecule has 0 saturated heterocycles. The van der Waals surface area contributed by atoms with Crippen molar-refractivity contribution < 1.29 is 19.0 Å². The third-order valence-electron chi connectivity index (χ3n) is 5.68. The van der Waals surface area contributed by atoms with Crippen molar-refractivity contribution in [3.05, 3.63) is 53.2 Å². The van der Waals surface area contributed by atoms with Gasteiger partial charge in [0, 0.05) is 17.9 Å². The van der Waals surface area contributed by atoms with Crippen molar-refractivity contribution in [2.45, 2.75) is 19.3 Å². The zero-order valence-electron chi connectivity index (χ0n) is 18.1. The first kappa shape index (κ1) is 20.3. The summed E-state index contributed by atoms with van der Waals surface area (Å²) in [6.07, 6.45) is 0.325. The maximum Gasteiger partial charge on any atom is 0.226 e. The van der Waals surface area contributed by atoms with Gasteiger partial charge >= 0.3 is 0 Å². The first-order valence-corrected chi connectivity index (χ1v) is 10.9. The zero-order valence-corrected chi connectivity index (χ0v) is 18.9. The normalized spacial score (nSPS) is 15.4. The Labute approximate surface area is 188 Å². The van der Waals surface area contributed by atoms with E-state index in [4.69, 9.17) is 24.3 Å². The van der Waals surface area contributed by atoms with Gasteiger partial charge in [0.1, 0.15) is 11.6 Å². The monoisotopic (exact) mass is 450 g/mol. The van der Waals surface area contributed by atoms with Gasteiger partial charge in [-0.25, -0.2) is 4.98 Å². The maximum atomic E-state index is 12.7. The number of aromatic nitrogens is 3. The Balaban J connectivity index is 1.63. The first-order valence-electron chi connectivity index (χ1n) is 10.1. The number of carbonyl (C=O) groups excluding carboxylic acids is 1. The lowest BCUT2D eigenvalue weighted by atomic mass is 9.85. The molecule has 164 valence electrons. The van der Waals surface area contributed by atoms with Crippen LogP contribution in [0.25, 0.3) is 15.3 Å². The lowest BCUT2D eigenvalue weighted by Crippen LogP contribution is -2.25. The van der Waals surface area contributed by atoms with Crippen LogP contribution in [0.4, 0.5) is 5.82 Å². The van der Waals surface area contributed by atoms with Crippen LogP contribution in [0.1, 0.15) is 29.2 Å². The van der Waals surface area contributed by atoms with Crippen LogP contribution in [0.5, 0.6) is 17.2 Å². The number of amides is 1. The number of thiazole rings is 1. The molecule has 0 aliphatic carbocycles. The minimum atomic E-state index is -0.151. The molecule has 2 aromatic carbocycles. The van der Waals surface area contributed by atoms with Crippen LogP contribution in [-0.4, -0.2) is 42.0 Å². The van der Waals surface area contributed by atoms with Crippen LogP contribution in [0.2, 0.25) is 0 Å². The van der Waals surface area contributed by atoms with Gasteiger partial charge in [0.05, 0.1) is 37.2 Å². The number of fused-ring (bicyclic) bond motifs is 2. The minimum Gasteiger partial charge on any atom is -0.497 e. The molecule has 5 rings (SSSR count). The van der Waals surface area contributed by atoms with Crippen LogP contribution in [0.15, 0.2) is 36.4 Å². The van der Waals surface area contributed by atoms with Gasteiger partial charge in [0.25, 0.3) is 0 Å². The molecular weight excluding hydrogens is 428 g/mol. The SMILES string of the molecule is COc1ccc2nc(-n3nc(C)c4c3NC(=O)C[C@H]4c3ccc(OC)c(OC)c3)sc2c1. The van der Waals surface area contributed by atoms with E-state index in [0.717, 1.165) is 32.8 Å². The third kappa shape index (κ3) is 3.25. The fraction of sp³-hybridized carbons (Fsp3) is 0.261. The Morgan fingerprint density at radius 2 is 1.88 bits per heavy atom. The van der Waals surface area contributed by atoms with Crippen LogP contribution in [-0.2, 0) is 4.79 Å². The Morgan fingerprint density at radius 3 is 2.62 bits per heavy atom. The molecule has 1 aliphatic heterocycles. The van der Waals surface area contributed by atoms with Gasteiger partial charge in [-0.3, -0.25) is 4.79 Å². The number of nitrogens with one attached hydrogen (secondary N) is 1. The topological polar surface area (TPSA) is 87.5 Å². The number of nitrogens with zero attached hydrogens (tertiary/aromatic N) is 3. The second-order valence-corrected chi connectivity index (χ2v) is 8.52. The Hall–Kier alpha value is -3.59. The van der Waals surface area contributed by atoms with Crippen LogP contribution >= 0.6 is 11.3 Å². The van der Waals surface area contributed by atoms with Gasteiger partial charge in [-0.05, 0) is 42.8 Å². The molecule has 3 heterocycles. The quantitative estimate of drug-likeness (QED) is 0.488. The number of rotatable bonds is 5. The van der Waals surface area contributed by atoms with E-state index in [9.17, 15) is 4.79 Å². The summed E-state index contributed by atoms with van der Waals surface area (Å²) >= 11 is 1.50. The van der Waals surface area contributed by atoms with Crippen molar-refractivity contribution in [1.29, 1.82) is 0 Å². The van der Waals surface area contributed by atoms with Crippen LogP contribution in [0, 0.1) is 6.92 Å². The lowest BCUT2D eigenvalue weighted by molar-refractivity contribution is -0.116. The molecule has 9 heteroatoms. The van der Waals surface area contributed by atoms with E-state index in [1.54, 1.807) is 26.0 Å². The fourth-order valence-electron chi connectivity index (χ4n) is 4.15. The Morgan fingerprint density at radius 1 is 1.06 bits per heavy atom. The molecule has 1 N–H and O–H groups in total. The van der Waals surface area contributed by atoms with E-state index >= 15 is 0 Å². The highest BCUT2D eigenvalue weighted by molar-refractivity contribution is 7.20. The predicted molar refractivity (Wildman–Crippen MR) is 123 cm³/mol. The molecule has 0 saturated carbocycles. The third-order valence-corrected chi connectivity index (χ3v) is 6.67. The van der Waals surface area contributed by atoms with Gasteiger partial charge in [-0.2, -0.15) is 9.78 Å². The second kappa shape index (κ2) is 7.83. The van der Waals surface area contributed by atoms with Gasteiger partial charge < -0.3 is 19.5 Å². The number of hydrogen-bond acceptors (Lipinski definition) is 7. The average Bonchev–Trinajstić information content (AvgIpc) is 3.38. The molecule has 0 fully saturated rings. The van der Waals surface area contributed by atoms with Gasteiger partial charge in [0.2, 0.25) is 11.0 Å². The molecule has 1 atom stereocenters. The van der Waals surface area contributed by atoms with Crippen molar-refractivity contribution in [2.24, 2.45) is 0 Å². The van der Waals surface area contributed by atoms with Gasteiger partial charge in [-0.15, -0.1) is 0 Å². The minimum absolute atomic E-state index is 0.0683. The molecular formula is C23H22N4O4S. The molecule has 2 aromatic heterocycles. The van der Waals surface area contributed by atoms with Crippen molar-refractivity contribution in [1.82, 2.24) is 14.8 Å². The van der Waals surface area contributed by atoms with Crippen LogP contribution < -0.4 is 19.5 Å². The Kier molecular flexibility index (Phi) is 4.97. The largest absolute Gasteiger partial charge is 0.497 e.